The van der Waals surface area contributed by atoms with E-state index >= 15 is 0 Å². The number of nitro groups is 1. The van der Waals surface area contributed by atoms with Crippen molar-refractivity contribution in [2.45, 2.75) is 51.2 Å². The quantitative estimate of drug-likeness (QED) is 0.651. The van der Waals surface area contributed by atoms with E-state index in [0.717, 1.165) is 37.8 Å². The van der Waals surface area contributed by atoms with Crippen molar-refractivity contribution >= 4 is 17.3 Å². The predicted octanol–water partition coefficient (Wildman–Crippen LogP) is 2.11. The van der Waals surface area contributed by atoms with E-state index in [1.165, 1.54) is 12.1 Å². The summed E-state index contributed by atoms with van der Waals surface area (Å²) < 4.78 is 0. The van der Waals surface area contributed by atoms with Crippen LogP contribution in [0.4, 0.5) is 11.4 Å². The van der Waals surface area contributed by atoms with Crippen molar-refractivity contribution in [3.05, 3.63) is 33.9 Å². The molecule has 1 amide bonds. The van der Waals surface area contributed by atoms with Crippen molar-refractivity contribution in [1.29, 1.82) is 0 Å². The molecule has 1 aromatic carbocycles. The lowest BCUT2D eigenvalue weighted by molar-refractivity contribution is -0.384. The van der Waals surface area contributed by atoms with Gasteiger partial charge in [0.05, 0.1) is 23.3 Å². The average molecular weight is 347 g/mol. The SMILES string of the molecule is CCC(O)C1CCCCN1CC(=O)N1CCc2ccc([N+](=O)[O-])cc21. The Balaban J connectivity index is 1.74. The molecule has 25 heavy (non-hydrogen) atoms. The highest BCUT2D eigenvalue weighted by molar-refractivity contribution is 5.97. The molecule has 0 bridgehead atoms. The number of hydrogen-bond donors (Lipinski definition) is 1. The van der Waals surface area contributed by atoms with Crippen LogP contribution in [0.2, 0.25) is 0 Å². The third-order valence-electron chi connectivity index (χ3n) is 5.34. The number of likely N-dealkylation sites (tertiary alicyclic amines) is 1. The number of aliphatic hydroxyl groups is 1. The van der Waals surface area contributed by atoms with Gasteiger partial charge >= 0.3 is 0 Å². The van der Waals surface area contributed by atoms with E-state index in [1.807, 2.05) is 6.92 Å². The van der Waals surface area contributed by atoms with Crippen molar-refractivity contribution in [3.63, 3.8) is 0 Å². The van der Waals surface area contributed by atoms with Gasteiger partial charge in [0.25, 0.3) is 5.69 Å². The Kier molecular flexibility index (Phi) is 5.34. The number of hydrogen-bond acceptors (Lipinski definition) is 5. The van der Waals surface area contributed by atoms with Crippen LogP contribution in [0.3, 0.4) is 0 Å². The minimum Gasteiger partial charge on any atom is -0.392 e. The molecule has 2 aliphatic rings. The van der Waals surface area contributed by atoms with E-state index < -0.39 is 11.0 Å². The summed E-state index contributed by atoms with van der Waals surface area (Å²) in [6.45, 7) is 3.58. The third-order valence-corrected chi connectivity index (χ3v) is 5.34. The van der Waals surface area contributed by atoms with Crippen molar-refractivity contribution < 1.29 is 14.8 Å². The lowest BCUT2D eigenvalue weighted by atomic mass is 9.96. The number of non-ortho nitro benzene ring substituents is 1. The Morgan fingerprint density at radius 3 is 2.92 bits per heavy atom. The summed E-state index contributed by atoms with van der Waals surface area (Å²) in [7, 11) is 0. The summed E-state index contributed by atoms with van der Waals surface area (Å²) in [5, 5.41) is 21.3. The number of rotatable bonds is 5. The zero-order chi connectivity index (χ0) is 18.0. The summed E-state index contributed by atoms with van der Waals surface area (Å²) in [4.78, 5) is 27.2. The summed E-state index contributed by atoms with van der Waals surface area (Å²) in [5.74, 6) is -0.0468. The average Bonchev–Trinajstić information content (AvgIpc) is 3.04. The fourth-order valence-corrected chi connectivity index (χ4v) is 3.92. The molecule has 2 aliphatic heterocycles. The van der Waals surface area contributed by atoms with Gasteiger partial charge in [-0.1, -0.05) is 19.4 Å². The molecule has 0 aliphatic carbocycles. The number of benzene rings is 1. The summed E-state index contributed by atoms with van der Waals surface area (Å²) in [6.07, 6.45) is 3.99. The number of fused-ring (bicyclic) bond motifs is 1. The zero-order valence-corrected chi connectivity index (χ0v) is 14.6. The molecular formula is C18H25N3O4. The first-order chi connectivity index (χ1) is 12.0. The first kappa shape index (κ1) is 17.8. The van der Waals surface area contributed by atoms with E-state index in [9.17, 15) is 20.0 Å². The molecule has 1 N–H and O–H groups in total. The molecule has 0 spiro atoms. The largest absolute Gasteiger partial charge is 0.392 e. The zero-order valence-electron chi connectivity index (χ0n) is 14.6. The smallest absolute Gasteiger partial charge is 0.271 e. The summed E-state index contributed by atoms with van der Waals surface area (Å²) >= 11 is 0. The van der Waals surface area contributed by atoms with E-state index in [0.29, 0.717) is 18.7 Å². The van der Waals surface area contributed by atoms with Gasteiger partial charge in [-0.2, -0.15) is 0 Å². The van der Waals surface area contributed by atoms with Crippen molar-refractivity contribution in [2.75, 3.05) is 24.5 Å². The molecule has 2 atom stereocenters. The molecule has 1 saturated heterocycles. The van der Waals surface area contributed by atoms with Gasteiger partial charge in [-0.25, -0.2) is 0 Å². The Hall–Kier alpha value is -1.99. The van der Waals surface area contributed by atoms with Crippen LogP contribution >= 0.6 is 0 Å². The molecule has 7 nitrogen and oxygen atoms in total. The number of carbonyl (C=O) groups is 1. The second kappa shape index (κ2) is 7.49. The number of piperidine rings is 1. The minimum absolute atomic E-state index is 0.00991. The normalized spacial score (nSPS) is 21.8. The molecule has 0 radical (unpaired) electrons. The first-order valence-corrected chi connectivity index (χ1v) is 9.01. The van der Waals surface area contributed by atoms with E-state index in [2.05, 4.69) is 4.90 Å². The maximum Gasteiger partial charge on any atom is 0.271 e. The van der Waals surface area contributed by atoms with E-state index in [1.54, 1.807) is 11.0 Å². The number of aliphatic hydroxyl groups excluding tert-OH is 1. The van der Waals surface area contributed by atoms with Crippen LogP contribution in [-0.2, 0) is 11.2 Å². The van der Waals surface area contributed by atoms with Crippen molar-refractivity contribution in [3.8, 4) is 0 Å². The third kappa shape index (κ3) is 3.67. The van der Waals surface area contributed by atoms with Crippen LogP contribution in [0.25, 0.3) is 0 Å². The van der Waals surface area contributed by atoms with Crippen LogP contribution < -0.4 is 4.90 Å². The van der Waals surface area contributed by atoms with Crippen LogP contribution in [0.15, 0.2) is 18.2 Å². The molecular weight excluding hydrogens is 322 g/mol. The Bertz CT molecular complexity index is 664. The lowest BCUT2D eigenvalue weighted by Crippen LogP contribution is -2.51. The Labute approximate surface area is 147 Å². The number of nitrogens with zero attached hydrogens (tertiary/aromatic N) is 3. The first-order valence-electron chi connectivity index (χ1n) is 9.01. The molecule has 2 heterocycles. The van der Waals surface area contributed by atoms with Crippen LogP contribution in [0.1, 0.15) is 38.2 Å². The summed E-state index contributed by atoms with van der Waals surface area (Å²) in [6, 6.07) is 4.75. The molecule has 136 valence electrons. The van der Waals surface area contributed by atoms with Gasteiger partial charge in [0.2, 0.25) is 5.91 Å². The van der Waals surface area contributed by atoms with Crippen LogP contribution in [0.5, 0.6) is 0 Å². The topological polar surface area (TPSA) is 86.9 Å². The van der Waals surface area contributed by atoms with Crippen LogP contribution in [0, 0.1) is 10.1 Å². The number of carbonyl (C=O) groups excluding carboxylic acids is 1. The second-order valence-corrected chi connectivity index (χ2v) is 6.87. The van der Waals surface area contributed by atoms with Gasteiger partial charge in [-0.3, -0.25) is 19.8 Å². The van der Waals surface area contributed by atoms with Gasteiger partial charge in [0.15, 0.2) is 0 Å². The van der Waals surface area contributed by atoms with Crippen LogP contribution in [-0.4, -0.2) is 52.6 Å². The fraction of sp³-hybridized carbons (Fsp3) is 0.611. The van der Waals surface area contributed by atoms with E-state index in [4.69, 9.17) is 0 Å². The highest BCUT2D eigenvalue weighted by atomic mass is 16.6. The minimum atomic E-state index is -0.431. The highest BCUT2D eigenvalue weighted by Crippen LogP contribution is 2.32. The molecule has 0 saturated carbocycles. The van der Waals surface area contributed by atoms with Crippen molar-refractivity contribution in [2.24, 2.45) is 0 Å². The van der Waals surface area contributed by atoms with E-state index in [-0.39, 0.29) is 24.2 Å². The molecule has 3 rings (SSSR count). The fourth-order valence-electron chi connectivity index (χ4n) is 3.92. The molecule has 2 unspecified atom stereocenters. The molecule has 0 aromatic heterocycles. The van der Waals surface area contributed by atoms with Crippen molar-refractivity contribution in [1.82, 2.24) is 4.90 Å². The van der Waals surface area contributed by atoms with Gasteiger partial charge < -0.3 is 10.0 Å². The molecule has 1 fully saturated rings. The number of nitro benzene ring substituents is 1. The number of amides is 1. The standard InChI is InChI=1S/C18H25N3O4/c1-2-17(22)15-5-3-4-9-19(15)12-18(23)20-10-8-13-6-7-14(21(24)25)11-16(13)20/h6-7,11,15,17,22H,2-5,8-10,12H2,1H3. The molecule has 7 heteroatoms. The predicted molar refractivity (Wildman–Crippen MR) is 94.7 cm³/mol. The van der Waals surface area contributed by atoms with Gasteiger partial charge in [-0.15, -0.1) is 0 Å². The second-order valence-electron chi connectivity index (χ2n) is 6.87. The Morgan fingerprint density at radius 2 is 2.20 bits per heavy atom. The van der Waals surface area contributed by atoms with Gasteiger partial charge in [0, 0.05) is 24.7 Å². The summed E-state index contributed by atoms with van der Waals surface area (Å²) in [5.41, 5.74) is 1.64. The van der Waals surface area contributed by atoms with Gasteiger partial charge in [0.1, 0.15) is 0 Å². The maximum atomic E-state index is 12.8. The maximum absolute atomic E-state index is 12.8. The highest BCUT2D eigenvalue weighted by Gasteiger charge is 2.32. The van der Waals surface area contributed by atoms with Gasteiger partial charge in [-0.05, 0) is 37.8 Å². The molecule has 1 aromatic rings. The monoisotopic (exact) mass is 347 g/mol. The lowest BCUT2D eigenvalue weighted by Gasteiger charge is -2.38. The number of anilines is 1. The Morgan fingerprint density at radius 1 is 1.40 bits per heavy atom.